The highest BCUT2D eigenvalue weighted by Gasteiger charge is 2.28. The van der Waals surface area contributed by atoms with E-state index in [2.05, 4.69) is 19.2 Å². The van der Waals surface area contributed by atoms with Crippen molar-refractivity contribution in [2.45, 2.75) is 58.0 Å². The zero-order valence-corrected chi connectivity index (χ0v) is 9.68. The van der Waals surface area contributed by atoms with Gasteiger partial charge in [-0.05, 0) is 38.1 Å². The fraction of sp³-hybridized carbons (Fsp3) is 1.00. The molecule has 0 amide bonds. The Labute approximate surface area is 88.1 Å². The van der Waals surface area contributed by atoms with Crippen LogP contribution in [0, 0.1) is 5.92 Å². The van der Waals surface area contributed by atoms with Gasteiger partial charge in [0.25, 0.3) is 0 Å². The van der Waals surface area contributed by atoms with Crippen molar-refractivity contribution in [1.82, 2.24) is 5.32 Å². The predicted octanol–water partition coefficient (Wildman–Crippen LogP) is 2.32. The van der Waals surface area contributed by atoms with Crippen LogP contribution in [-0.2, 0) is 0 Å². The molecule has 0 radical (unpaired) electrons. The summed E-state index contributed by atoms with van der Waals surface area (Å²) < 4.78 is 0. The van der Waals surface area contributed by atoms with Crippen LogP contribution in [-0.4, -0.2) is 23.8 Å². The third kappa shape index (κ3) is 3.97. The Hall–Kier alpha value is -0.0800. The molecule has 0 aromatic heterocycles. The Morgan fingerprint density at radius 3 is 2.86 bits per heavy atom. The lowest BCUT2D eigenvalue weighted by molar-refractivity contribution is 0.0247. The van der Waals surface area contributed by atoms with Crippen LogP contribution in [0.3, 0.4) is 0 Å². The molecule has 14 heavy (non-hydrogen) atoms. The minimum Gasteiger partial charge on any atom is -0.389 e. The van der Waals surface area contributed by atoms with Crippen LogP contribution in [0.5, 0.6) is 0 Å². The van der Waals surface area contributed by atoms with E-state index < -0.39 is 5.60 Å². The highest BCUT2D eigenvalue weighted by Crippen LogP contribution is 2.29. The van der Waals surface area contributed by atoms with E-state index >= 15 is 0 Å². The van der Waals surface area contributed by atoms with E-state index in [1.165, 1.54) is 19.3 Å². The van der Waals surface area contributed by atoms with Crippen molar-refractivity contribution in [3.05, 3.63) is 0 Å². The molecular weight excluding hydrogens is 174 g/mol. The zero-order chi connectivity index (χ0) is 10.4. The van der Waals surface area contributed by atoms with Crippen molar-refractivity contribution in [2.24, 2.45) is 5.92 Å². The third-order valence-electron chi connectivity index (χ3n) is 3.32. The first-order chi connectivity index (χ1) is 6.66. The molecule has 1 saturated carbocycles. The van der Waals surface area contributed by atoms with Crippen LogP contribution >= 0.6 is 0 Å². The van der Waals surface area contributed by atoms with Gasteiger partial charge in [0.05, 0.1) is 5.60 Å². The van der Waals surface area contributed by atoms with Gasteiger partial charge >= 0.3 is 0 Å². The average molecular weight is 199 g/mol. The summed E-state index contributed by atoms with van der Waals surface area (Å²) >= 11 is 0. The topological polar surface area (TPSA) is 32.3 Å². The monoisotopic (exact) mass is 199 g/mol. The van der Waals surface area contributed by atoms with Crippen LogP contribution in [0.15, 0.2) is 0 Å². The maximum Gasteiger partial charge on any atom is 0.0771 e. The molecule has 2 atom stereocenters. The molecule has 2 N–H and O–H groups in total. The number of aliphatic hydroxyl groups is 1. The van der Waals surface area contributed by atoms with Crippen LogP contribution in [0.2, 0.25) is 0 Å². The van der Waals surface area contributed by atoms with E-state index in [-0.39, 0.29) is 0 Å². The van der Waals surface area contributed by atoms with E-state index in [0.29, 0.717) is 0 Å². The molecule has 0 aromatic rings. The molecule has 0 bridgehead atoms. The second-order valence-corrected chi connectivity index (χ2v) is 4.94. The first-order valence-electron chi connectivity index (χ1n) is 6.09. The standard InChI is InChI=1S/C12H25NO/c1-3-9-13-10-12(14)7-4-5-11(2)6-8-12/h11,13-14H,3-10H2,1-2H3. The van der Waals surface area contributed by atoms with E-state index in [0.717, 1.165) is 38.3 Å². The van der Waals surface area contributed by atoms with E-state index in [1.54, 1.807) is 0 Å². The van der Waals surface area contributed by atoms with Crippen molar-refractivity contribution in [3.63, 3.8) is 0 Å². The summed E-state index contributed by atoms with van der Waals surface area (Å²) in [6, 6.07) is 0. The highest BCUT2D eigenvalue weighted by molar-refractivity contribution is 4.84. The SMILES string of the molecule is CCCNCC1(O)CCCC(C)CC1. The molecule has 2 unspecified atom stereocenters. The van der Waals surface area contributed by atoms with Crippen molar-refractivity contribution in [3.8, 4) is 0 Å². The van der Waals surface area contributed by atoms with Gasteiger partial charge in [-0.1, -0.05) is 26.7 Å². The first kappa shape index (κ1) is 12.0. The first-order valence-corrected chi connectivity index (χ1v) is 6.09. The fourth-order valence-electron chi connectivity index (χ4n) is 2.24. The minimum absolute atomic E-state index is 0.417. The average Bonchev–Trinajstić information content (AvgIpc) is 2.30. The summed E-state index contributed by atoms with van der Waals surface area (Å²) in [6.45, 7) is 6.27. The molecule has 84 valence electrons. The van der Waals surface area contributed by atoms with E-state index in [1.807, 2.05) is 0 Å². The van der Waals surface area contributed by atoms with Gasteiger partial charge in [0, 0.05) is 6.54 Å². The Kier molecular flexibility index (Phi) is 4.90. The van der Waals surface area contributed by atoms with Gasteiger partial charge in [0.15, 0.2) is 0 Å². The second-order valence-electron chi connectivity index (χ2n) is 4.94. The van der Waals surface area contributed by atoms with Crippen LogP contribution in [0.1, 0.15) is 52.4 Å². The lowest BCUT2D eigenvalue weighted by Gasteiger charge is -2.27. The molecule has 0 aliphatic heterocycles. The van der Waals surface area contributed by atoms with Crippen molar-refractivity contribution in [1.29, 1.82) is 0 Å². The fourth-order valence-corrected chi connectivity index (χ4v) is 2.24. The highest BCUT2D eigenvalue weighted by atomic mass is 16.3. The van der Waals surface area contributed by atoms with Gasteiger partial charge < -0.3 is 10.4 Å². The van der Waals surface area contributed by atoms with E-state index in [4.69, 9.17) is 0 Å². The summed E-state index contributed by atoms with van der Waals surface area (Å²) in [5.74, 6) is 0.801. The lowest BCUT2D eigenvalue weighted by atomic mass is 9.94. The largest absolute Gasteiger partial charge is 0.389 e. The maximum absolute atomic E-state index is 10.3. The molecule has 1 aliphatic rings. The Bertz CT molecular complexity index is 160. The lowest BCUT2D eigenvalue weighted by Crippen LogP contribution is -2.40. The molecule has 1 fully saturated rings. The predicted molar refractivity (Wildman–Crippen MR) is 60.4 cm³/mol. The van der Waals surface area contributed by atoms with Crippen molar-refractivity contribution >= 4 is 0 Å². The molecular formula is C12H25NO. The summed E-state index contributed by atoms with van der Waals surface area (Å²) in [5, 5.41) is 13.7. The zero-order valence-electron chi connectivity index (χ0n) is 9.68. The van der Waals surface area contributed by atoms with Crippen LogP contribution in [0.4, 0.5) is 0 Å². The summed E-state index contributed by atoms with van der Waals surface area (Å²) in [5.41, 5.74) is -0.417. The Morgan fingerprint density at radius 1 is 1.36 bits per heavy atom. The summed E-state index contributed by atoms with van der Waals surface area (Å²) in [6.07, 6.45) is 6.76. The Morgan fingerprint density at radius 2 is 2.14 bits per heavy atom. The van der Waals surface area contributed by atoms with Crippen LogP contribution < -0.4 is 5.32 Å². The molecule has 0 aromatic carbocycles. The molecule has 1 rings (SSSR count). The van der Waals surface area contributed by atoms with Gasteiger partial charge in [-0.15, -0.1) is 0 Å². The second kappa shape index (κ2) is 5.72. The van der Waals surface area contributed by atoms with Gasteiger partial charge in [-0.2, -0.15) is 0 Å². The third-order valence-corrected chi connectivity index (χ3v) is 3.32. The maximum atomic E-state index is 10.3. The van der Waals surface area contributed by atoms with Gasteiger partial charge in [-0.3, -0.25) is 0 Å². The van der Waals surface area contributed by atoms with Gasteiger partial charge in [0.2, 0.25) is 0 Å². The molecule has 0 saturated heterocycles. The Balaban J connectivity index is 2.31. The van der Waals surface area contributed by atoms with E-state index in [9.17, 15) is 5.11 Å². The molecule has 2 nitrogen and oxygen atoms in total. The molecule has 1 aliphatic carbocycles. The minimum atomic E-state index is -0.417. The van der Waals surface area contributed by atoms with Crippen LogP contribution in [0.25, 0.3) is 0 Å². The number of nitrogens with one attached hydrogen (secondary N) is 1. The quantitative estimate of drug-likeness (QED) is 0.538. The number of hydrogen-bond acceptors (Lipinski definition) is 2. The number of rotatable bonds is 4. The normalized spacial score (nSPS) is 34.1. The summed E-state index contributed by atoms with van der Waals surface area (Å²) in [4.78, 5) is 0. The van der Waals surface area contributed by atoms with Gasteiger partial charge in [0.1, 0.15) is 0 Å². The summed E-state index contributed by atoms with van der Waals surface area (Å²) in [7, 11) is 0. The van der Waals surface area contributed by atoms with Crippen molar-refractivity contribution < 1.29 is 5.11 Å². The molecule has 0 heterocycles. The number of hydrogen-bond donors (Lipinski definition) is 2. The van der Waals surface area contributed by atoms with Crippen molar-refractivity contribution in [2.75, 3.05) is 13.1 Å². The van der Waals surface area contributed by atoms with Gasteiger partial charge in [-0.25, -0.2) is 0 Å². The smallest absolute Gasteiger partial charge is 0.0771 e. The molecule has 2 heteroatoms. The molecule has 0 spiro atoms.